The minimum Gasteiger partial charge on any atom is -0.393 e. The SMILES string of the molecule is CC(O)C1CCN(C(=O)c2c[nH]c(=S)n2-c2ccccc2)C1. The summed E-state index contributed by atoms with van der Waals surface area (Å²) in [5.74, 6) is 0.0930. The van der Waals surface area contributed by atoms with E-state index in [9.17, 15) is 9.90 Å². The van der Waals surface area contributed by atoms with Crippen LogP contribution in [0.5, 0.6) is 0 Å². The largest absolute Gasteiger partial charge is 0.393 e. The number of hydrogen-bond acceptors (Lipinski definition) is 3. The lowest BCUT2D eigenvalue weighted by Gasteiger charge is -2.18. The van der Waals surface area contributed by atoms with Crippen molar-refractivity contribution in [2.45, 2.75) is 19.4 Å². The van der Waals surface area contributed by atoms with Gasteiger partial charge in [0.25, 0.3) is 5.91 Å². The van der Waals surface area contributed by atoms with Crippen molar-refractivity contribution in [3.05, 3.63) is 47.0 Å². The molecule has 2 atom stereocenters. The normalized spacial score (nSPS) is 19.4. The van der Waals surface area contributed by atoms with Crippen LogP contribution >= 0.6 is 12.2 Å². The summed E-state index contributed by atoms with van der Waals surface area (Å²) in [5, 5.41) is 9.69. The van der Waals surface area contributed by atoms with E-state index < -0.39 is 0 Å². The molecule has 0 saturated carbocycles. The standard InChI is InChI=1S/C16H19N3O2S/c1-11(20)12-7-8-18(10-12)15(21)14-9-17-16(22)19(14)13-5-3-2-4-6-13/h2-6,9,11-12,20H,7-8,10H2,1H3,(H,17,22). The molecule has 2 unspecified atom stereocenters. The van der Waals surface area contributed by atoms with Gasteiger partial charge < -0.3 is 15.0 Å². The topological polar surface area (TPSA) is 61.3 Å². The van der Waals surface area contributed by atoms with E-state index in [1.54, 1.807) is 22.6 Å². The molecule has 116 valence electrons. The van der Waals surface area contributed by atoms with Crippen LogP contribution in [-0.2, 0) is 0 Å². The number of aliphatic hydroxyl groups excluding tert-OH is 1. The Hall–Kier alpha value is -1.92. The Morgan fingerprint density at radius 1 is 1.41 bits per heavy atom. The van der Waals surface area contributed by atoms with Crippen molar-refractivity contribution in [3.63, 3.8) is 0 Å². The molecule has 2 heterocycles. The molecule has 2 N–H and O–H groups in total. The van der Waals surface area contributed by atoms with Gasteiger partial charge in [-0.25, -0.2) is 0 Å². The number of para-hydroxylation sites is 1. The van der Waals surface area contributed by atoms with E-state index in [1.807, 2.05) is 30.3 Å². The highest BCUT2D eigenvalue weighted by molar-refractivity contribution is 7.71. The van der Waals surface area contributed by atoms with Crippen molar-refractivity contribution in [2.24, 2.45) is 5.92 Å². The zero-order valence-corrected chi connectivity index (χ0v) is 13.2. The molecule has 6 heteroatoms. The van der Waals surface area contributed by atoms with Crippen LogP contribution in [0, 0.1) is 10.7 Å². The smallest absolute Gasteiger partial charge is 0.272 e. The Morgan fingerprint density at radius 3 is 2.77 bits per heavy atom. The average molecular weight is 317 g/mol. The molecule has 0 spiro atoms. The van der Waals surface area contributed by atoms with E-state index in [0.717, 1.165) is 12.1 Å². The number of aromatic amines is 1. The van der Waals surface area contributed by atoms with Crippen LogP contribution in [0.1, 0.15) is 23.8 Å². The number of carbonyl (C=O) groups excluding carboxylic acids is 1. The minimum absolute atomic E-state index is 0.0562. The summed E-state index contributed by atoms with van der Waals surface area (Å²) in [6, 6.07) is 9.59. The molecule has 1 aliphatic heterocycles. The molecule has 5 nitrogen and oxygen atoms in total. The second-order valence-corrected chi connectivity index (χ2v) is 6.08. The van der Waals surface area contributed by atoms with E-state index >= 15 is 0 Å². The van der Waals surface area contributed by atoms with Crippen molar-refractivity contribution in [2.75, 3.05) is 13.1 Å². The van der Waals surface area contributed by atoms with E-state index in [1.165, 1.54) is 0 Å². The second-order valence-electron chi connectivity index (χ2n) is 5.69. The van der Waals surface area contributed by atoms with Crippen LogP contribution in [0.3, 0.4) is 0 Å². The highest BCUT2D eigenvalue weighted by Crippen LogP contribution is 2.22. The molecule has 0 bridgehead atoms. The zero-order chi connectivity index (χ0) is 15.7. The van der Waals surface area contributed by atoms with Gasteiger partial charge in [0.05, 0.1) is 6.10 Å². The molecule has 3 rings (SSSR count). The van der Waals surface area contributed by atoms with Crippen LogP contribution in [0.2, 0.25) is 0 Å². The number of nitrogens with one attached hydrogen (secondary N) is 1. The first-order valence-electron chi connectivity index (χ1n) is 7.41. The number of rotatable bonds is 3. The third-order valence-corrected chi connectivity index (χ3v) is 4.50. The Balaban J connectivity index is 1.90. The van der Waals surface area contributed by atoms with Gasteiger partial charge in [-0.05, 0) is 37.7 Å². The number of likely N-dealkylation sites (tertiary alicyclic amines) is 1. The first kappa shape index (κ1) is 15.0. The van der Waals surface area contributed by atoms with Gasteiger partial charge in [0.2, 0.25) is 0 Å². The Morgan fingerprint density at radius 2 is 2.14 bits per heavy atom. The zero-order valence-electron chi connectivity index (χ0n) is 12.4. The fourth-order valence-corrected chi connectivity index (χ4v) is 3.15. The van der Waals surface area contributed by atoms with Crippen LogP contribution in [0.4, 0.5) is 0 Å². The lowest BCUT2D eigenvalue weighted by atomic mass is 10.0. The molecule has 2 aromatic rings. The molecule has 1 fully saturated rings. The number of nitrogens with zero attached hydrogens (tertiary/aromatic N) is 2. The predicted molar refractivity (Wildman–Crippen MR) is 86.6 cm³/mol. The maximum atomic E-state index is 12.8. The third-order valence-electron chi connectivity index (χ3n) is 4.20. The van der Waals surface area contributed by atoms with Gasteiger partial charge in [0.1, 0.15) is 5.69 Å². The number of aromatic nitrogens is 2. The minimum atomic E-state index is -0.389. The number of H-pyrrole nitrogens is 1. The summed E-state index contributed by atoms with van der Waals surface area (Å²) < 4.78 is 2.26. The molecular formula is C16H19N3O2S. The molecule has 1 aromatic heterocycles. The summed E-state index contributed by atoms with van der Waals surface area (Å²) in [6.07, 6.45) is 2.10. The fraction of sp³-hybridized carbons (Fsp3) is 0.375. The lowest BCUT2D eigenvalue weighted by Crippen LogP contribution is -2.31. The van der Waals surface area contributed by atoms with Gasteiger partial charge >= 0.3 is 0 Å². The number of hydrogen-bond donors (Lipinski definition) is 2. The number of aliphatic hydroxyl groups is 1. The third kappa shape index (κ3) is 2.71. The average Bonchev–Trinajstić information content (AvgIpc) is 3.14. The van der Waals surface area contributed by atoms with E-state index in [4.69, 9.17) is 12.2 Å². The number of benzene rings is 1. The monoisotopic (exact) mass is 317 g/mol. The Labute approximate surface area is 134 Å². The molecule has 1 aliphatic rings. The van der Waals surface area contributed by atoms with Crippen LogP contribution in [0.25, 0.3) is 5.69 Å². The van der Waals surface area contributed by atoms with Gasteiger partial charge in [-0.3, -0.25) is 9.36 Å². The summed E-state index contributed by atoms with van der Waals surface area (Å²) in [4.78, 5) is 17.5. The van der Waals surface area contributed by atoms with Crippen LogP contribution in [0.15, 0.2) is 36.5 Å². The van der Waals surface area contributed by atoms with Crippen molar-refractivity contribution in [3.8, 4) is 5.69 Å². The molecule has 0 radical (unpaired) electrons. The van der Waals surface area contributed by atoms with Crippen molar-refractivity contribution >= 4 is 18.1 Å². The molecule has 22 heavy (non-hydrogen) atoms. The summed E-state index contributed by atoms with van der Waals surface area (Å²) >= 11 is 5.31. The molecule has 1 saturated heterocycles. The quantitative estimate of drug-likeness (QED) is 0.855. The predicted octanol–water partition coefficient (Wildman–Crippen LogP) is 2.38. The maximum Gasteiger partial charge on any atom is 0.272 e. The summed E-state index contributed by atoms with van der Waals surface area (Å²) in [7, 11) is 0. The lowest BCUT2D eigenvalue weighted by molar-refractivity contribution is 0.0754. The van der Waals surface area contributed by atoms with Gasteiger partial charge in [-0.1, -0.05) is 18.2 Å². The van der Waals surface area contributed by atoms with Crippen molar-refractivity contribution < 1.29 is 9.90 Å². The summed E-state index contributed by atoms with van der Waals surface area (Å²) in [5.41, 5.74) is 1.39. The molecular weight excluding hydrogens is 298 g/mol. The number of amides is 1. The number of carbonyl (C=O) groups is 1. The Bertz CT molecular complexity index is 720. The van der Waals surface area contributed by atoms with Gasteiger partial charge in [0, 0.05) is 30.9 Å². The highest BCUT2D eigenvalue weighted by atomic mass is 32.1. The van der Waals surface area contributed by atoms with E-state index in [0.29, 0.717) is 23.6 Å². The second kappa shape index (κ2) is 6.06. The van der Waals surface area contributed by atoms with E-state index in [2.05, 4.69) is 4.98 Å². The first-order valence-corrected chi connectivity index (χ1v) is 7.82. The molecule has 1 aromatic carbocycles. The van der Waals surface area contributed by atoms with Crippen molar-refractivity contribution in [1.29, 1.82) is 0 Å². The van der Waals surface area contributed by atoms with Crippen LogP contribution < -0.4 is 0 Å². The Kier molecular flexibility index (Phi) is 4.13. The summed E-state index contributed by atoms with van der Waals surface area (Å²) in [6.45, 7) is 3.03. The number of imidazole rings is 1. The van der Waals surface area contributed by atoms with Crippen LogP contribution in [-0.4, -0.2) is 44.7 Å². The van der Waals surface area contributed by atoms with Gasteiger partial charge in [-0.15, -0.1) is 0 Å². The molecule has 0 aliphatic carbocycles. The first-order chi connectivity index (χ1) is 10.6. The van der Waals surface area contributed by atoms with Crippen molar-refractivity contribution in [1.82, 2.24) is 14.5 Å². The highest BCUT2D eigenvalue weighted by Gasteiger charge is 2.31. The van der Waals surface area contributed by atoms with Gasteiger partial charge in [-0.2, -0.15) is 0 Å². The molecule has 1 amide bonds. The fourth-order valence-electron chi connectivity index (χ4n) is 2.89. The van der Waals surface area contributed by atoms with Gasteiger partial charge in [0.15, 0.2) is 4.77 Å². The van der Waals surface area contributed by atoms with E-state index in [-0.39, 0.29) is 17.9 Å². The maximum absolute atomic E-state index is 12.8.